The maximum atomic E-state index is 11.3. The SMILES string of the molecule is CC(C)Cc1nc2ccc(Br)cn2c1C(=O)O. The van der Waals surface area contributed by atoms with E-state index in [1.807, 2.05) is 19.9 Å². The highest BCUT2D eigenvalue weighted by Gasteiger charge is 2.19. The molecule has 5 heteroatoms. The Balaban J connectivity index is 2.67. The third-order valence-electron chi connectivity index (χ3n) is 2.46. The minimum absolute atomic E-state index is 0.259. The van der Waals surface area contributed by atoms with Crippen LogP contribution in [0.25, 0.3) is 5.65 Å². The maximum Gasteiger partial charge on any atom is 0.354 e. The van der Waals surface area contributed by atoms with Gasteiger partial charge in [0.15, 0.2) is 5.69 Å². The molecular formula is C12H13BrN2O2. The Morgan fingerprint density at radius 3 is 2.82 bits per heavy atom. The first kappa shape index (κ1) is 12.1. The van der Waals surface area contributed by atoms with Gasteiger partial charge in [-0.05, 0) is 40.4 Å². The quantitative estimate of drug-likeness (QED) is 0.947. The molecule has 0 spiro atoms. The molecule has 2 rings (SSSR count). The fraction of sp³-hybridized carbons (Fsp3) is 0.333. The number of carboxylic acid groups (broad SMARTS) is 1. The van der Waals surface area contributed by atoms with Crippen LogP contribution in [0, 0.1) is 5.92 Å². The van der Waals surface area contributed by atoms with Crippen molar-refractivity contribution in [1.29, 1.82) is 0 Å². The number of halogens is 1. The van der Waals surface area contributed by atoms with Gasteiger partial charge in [0.1, 0.15) is 5.65 Å². The zero-order valence-corrected chi connectivity index (χ0v) is 11.2. The van der Waals surface area contributed by atoms with Gasteiger partial charge in [-0.15, -0.1) is 0 Å². The molecule has 1 N–H and O–H groups in total. The van der Waals surface area contributed by atoms with Crippen molar-refractivity contribution in [2.45, 2.75) is 20.3 Å². The molecule has 0 aromatic carbocycles. The minimum Gasteiger partial charge on any atom is -0.477 e. The molecule has 2 aromatic rings. The van der Waals surface area contributed by atoms with Crippen molar-refractivity contribution in [2.75, 3.05) is 0 Å². The number of hydrogen-bond acceptors (Lipinski definition) is 2. The second-order valence-corrected chi connectivity index (χ2v) is 5.30. The van der Waals surface area contributed by atoms with Gasteiger partial charge in [-0.1, -0.05) is 13.8 Å². The maximum absolute atomic E-state index is 11.3. The molecule has 2 heterocycles. The molecule has 0 aliphatic carbocycles. The highest BCUT2D eigenvalue weighted by molar-refractivity contribution is 9.10. The monoisotopic (exact) mass is 296 g/mol. The molecule has 0 atom stereocenters. The van der Waals surface area contributed by atoms with Gasteiger partial charge >= 0.3 is 5.97 Å². The Morgan fingerprint density at radius 1 is 1.53 bits per heavy atom. The van der Waals surface area contributed by atoms with Crippen LogP contribution >= 0.6 is 15.9 Å². The number of nitrogens with zero attached hydrogens (tertiary/aromatic N) is 2. The molecule has 90 valence electrons. The van der Waals surface area contributed by atoms with E-state index in [0.29, 0.717) is 23.7 Å². The van der Waals surface area contributed by atoms with Crippen LogP contribution in [0.5, 0.6) is 0 Å². The summed E-state index contributed by atoms with van der Waals surface area (Å²) in [5.41, 5.74) is 1.57. The number of carbonyl (C=O) groups is 1. The largest absolute Gasteiger partial charge is 0.477 e. The Labute approximate surface area is 107 Å². The van der Waals surface area contributed by atoms with E-state index >= 15 is 0 Å². The summed E-state index contributed by atoms with van der Waals surface area (Å²) >= 11 is 3.33. The molecule has 0 fully saturated rings. The lowest BCUT2D eigenvalue weighted by molar-refractivity contribution is 0.0688. The van der Waals surface area contributed by atoms with E-state index in [4.69, 9.17) is 0 Å². The van der Waals surface area contributed by atoms with E-state index in [0.717, 1.165) is 4.47 Å². The standard InChI is InChI=1S/C12H13BrN2O2/c1-7(2)5-9-11(12(16)17)15-6-8(13)3-4-10(15)14-9/h3-4,6-7H,5H2,1-2H3,(H,16,17). The Bertz CT molecular complexity index is 575. The van der Waals surface area contributed by atoms with Crippen molar-refractivity contribution in [3.63, 3.8) is 0 Å². The summed E-state index contributed by atoms with van der Waals surface area (Å²) in [5, 5.41) is 9.28. The van der Waals surface area contributed by atoms with Gasteiger partial charge in [-0.25, -0.2) is 9.78 Å². The number of aromatic nitrogens is 2. The van der Waals surface area contributed by atoms with Crippen molar-refractivity contribution < 1.29 is 9.90 Å². The summed E-state index contributed by atoms with van der Waals surface area (Å²) in [4.78, 5) is 15.7. The minimum atomic E-state index is -0.939. The van der Waals surface area contributed by atoms with Gasteiger partial charge in [0.2, 0.25) is 0 Å². The average Bonchev–Trinajstić information content (AvgIpc) is 2.53. The second-order valence-electron chi connectivity index (χ2n) is 4.39. The lowest BCUT2D eigenvalue weighted by Gasteiger charge is -2.02. The first-order valence-corrected chi connectivity index (χ1v) is 6.18. The zero-order chi connectivity index (χ0) is 12.6. The molecule has 0 aliphatic rings. The lowest BCUT2D eigenvalue weighted by Crippen LogP contribution is -2.07. The van der Waals surface area contributed by atoms with Gasteiger partial charge in [0.25, 0.3) is 0 Å². The molecule has 0 radical (unpaired) electrons. The van der Waals surface area contributed by atoms with Gasteiger partial charge in [-0.2, -0.15) is 0 Å². The second kappa shape index (κ2) is 4.49. The summed E-state index contributed by atoms with van der Waals surface area (Å²) in [6.45, 7) is 4.09. The van der Waals surface area contributed by atoms with Crippen LogP contribution in [0.4, 0.5) is 0 Å². The molecule has 0 bridgehead atoms. The third kappa shape index (κ3) is 2.34. The van der Waals surface area contributed by atoms with Crippen LogP contribution in [0.1, 0.15) is 30.0 Å². The van der Waals surface area contributed by atoms with Crippen LogP contribution in [0.3, 0.4) is 0 Å². The summed E-state index contributed by atoms with van der Waals surface area (Å²) in [7, 11) is 0. The number of fused-ring (bicyclic) bond motifs is 1. The highest BCUT2D eigenvalue weighted by atomic mass is 79.9. The number of rotatable bonds is 3. The summed E-state index contributed by atoms with van der Waals surface area (Å²) in [6, 6.07) is 3.66. The van der Waals surface area contributed by atoms with Crippen LogP contribution in [-0.2, 0) is 6.42 Å². The van der Waals surface area contributed by atoms with Crippen LogP contribution in [0.2, 0.25) is 0 Å². The summed E-state index contributed by atoms with van der Waals surface area (Å²) < 4.78 is 2.45. The lowest BCUT2D eigenvalue weighted by atomic mass is 10.1. The number of imidazole rings is 1. The van der Waals surface area contributed by atoms with E-state index in [-0.39, 0.29) is 5.69 Å². The molecule has 0 saturated heterocycles. The third-order valence-corrected chi connectivity index (χ3v) is 2.93. The Hall–Kier alpha value is -1.36. The van der Waals surface area contributed by atoms with Crippen molar-refractivity contribution in [2.24, 2.45) is 5.92 Å². The topological polar surface area (TPSA) is 54.6 Å². The number of pyridine rings is 1. The van der Waals surface area contributed by atoms with Crippen molar-refractivity contribution in [3.8, 4) is 0 Å². The van der Waals surface area contributed by atoms with E-state index < -0.39 is 5.97 Å². The number of aromatic carboxylic acids is 1. The van der Waals surface area contributed by atoms with Gasteiger partial charge < -0.3 is 5.11 Å². The Morgan fingerprint density at radius 2 is 2.24 bits per heavy atom. The van der Waals surface area contributed by atoms with Crippen LogP contribution in [-0.4, -0.2) is 20.5 Å². The molecule has 0 amide bonds. The Kier molecular flexibility index (Phi) is 3.19. The first-order chi connectivity index (χ1) is 7.99. The molecular weight excluding hydrogens is 284 g/mol. The van der Waals surface area contributed by atoms with E-state index in [1.165, 1.54) is 0 Å². The van der Waals surface area contributed by atoms with E-state index in [2.05, 4.69) is 20.9 Å². The molecule has 17 heavy (non-hydrogen) atoms. The average molecular weight is 297 g/mol. The highest BCUT2D eigenvalue weighted by Crippen LogP contribution is 2.19. The molecule has 0 aliphatic heterocycles. The van der Waals surface area contributed by atoms with E-state index in [1.54, 1.807) is 16.7 Å². The first-order valence-electron chi connectivity index (χ1n) is 5.39. The number of carboxylic acids is 1. The van der Waals surface area contributed by atoms with Gasteiger partial charge in [0.05, 0.1) is 5.69 Å². The predicted molar refractivity (Wildman–Crippen MR) is 68.4 cm³/mol. The summed E-state index contributed by atoms with van der Waals surface area (Å²) in [5.74, 6) is -0.562. The molecule has 0 unspecified atom stereocenters. The smallest absolute Gasteiger partial charge is 0.354 e. The van der Waals surface area contributed by atoms with E-state index in [9.17, 15) is 9.90 Å². The van der Waals surface area contributed by atoms with Gasteiger partial charge in [-0.3, -0.25) is 4.40 Å². The molecule has 4 nitrogen and oxygen atoms in total. The fourth-order valence-corrected chi connectivity index (χ4v) is 2.16. The predicted octanol–water partition coefficient (Wildman–Crippen LogP) is 2.99. The van der Waals surface area contributed by atoms with Crippen molar-refractivity contribution >= 4 is 27.5 Å². The molecule has 2 aromatic heterocycles. The van der Waals surface area contributed by atoms with Gasteiger partial charge in [0, 0.05) is 10.7 Å². The van der Waals surface area contributed by atoms with Crippen LogP contribution in [0.15, 0.2) is 22.8 Å². The molecule has 0 saturated carbocycles. The zero-order valence-electron chi connectivity index (χ0n) is 9.64. The van der Waals surface area contributed by atoms with Crippen molar-refractivity contribution in [3.05, 3.63) is 34.2 Å². The fourth-order valence-electron chi connectivity index (χ4n) is 1.82. The normalized spacial score (nSPS) is 11.3. The van der Waals surface area contributed by atoms with Crippen molar-refractivity contribution in [1.82, 2.24) is 9.38 Å². The van der Waals surface area contributed by atoms with Crippen LogP contribution < -0.4 is 0 Å². The number of hydrogen-bond donors (Lipinski definition) is 1. The summed E-state index contributed by atoms with van der Waals surface area (Å²) in [6.07, 6.45) is 2.40.